The maximum atomic E-state index is 5.83. The molecule has 0 atom stereocenters. The van der Waals surface area contributed by atoms with Crippen molar-refractivity contribution in [2.24, 2.45) is 5.92 Å². The Kier molecular flexibility index (Phi) is 2.54. The van der Waals surface area contributed by atoms with Crippen molar-refractivity contribution < 1.29 is 0 Å². The van der Waals surface area contributed by atoms with Gasteiger partial charge in [-0.15, -0.1) is 0 Å². The maximum Gasteiger partial charge on any atom is 0.0455 e. The van der Waals surface area contributed by atoms with E-state index < -0.39 is 0 Å². The van der Waals surface area contributed by atoms with E-state index in [4.69, 9.17) is 11.6 Å². The van der Waals surface area contributed by atoms with E-state index in [1.54, 1.807) is 0 Å². The lowest BCUT2D eigenvalue weighted by molar-refractivity contribution is 0.432. The van der Waals surface area contributed by atoms with E-state index in [9.17, 15) is 0 Å². The van der Waals surface area contributed by atoms with E-state index in [0.717, 1.165) is 23.7 Å². The summed E-state index contributed by atoms with van der Waals surface area (Å²) >= 11 is 5.83. The Labute approximate surface area is 83.1 Å². The largest absolute Gasteiger partial charge is 0.314 e. The van der Waals surface area contributed by atoms with Crippen LogP contribution in [0.15, 0.2) is 24.3 Å². The molecule has 0 amide bonds. The Balaban J connectivity index is 2.10. The number of nitrogens with one attached hydrogen (secondary N) is 1. The zero-order valence-electron chi connectivity index (χ0n) is 7.18. The standard InChI is InChI=1S/C11H10ClN/c12-11-3-1-2-9(6-11)4-5-10-7-13-8-10/h1-3,6,10,13H,7-8H2. The molecule has 0 aliphatic carbocycles. The number of hydrogen-bond acceptors (Lipinski definition) is 1. The lowest BCUT2D eigenvalue weighted by Crippen LogP contribution is -2.40. The fraction of sp³-hybridized carbons (Fsp3) is 0.273. The van der Waals surface area contributed by atoms with Crippen LogP contribution in [0.5, 0.6) is 0 Å². The first-order chi connectivity index (χ1) is 6.34. The Morgan fingerprint density at radius 2 is 2.23 bits per heavy atom. The van der Waals surface area contributed by atoms with Crippen LogP contribution in [0, 0.1) is 17.8 Å². The molecule has 1 aromatic carbocycles. The van der Waals surface area contributed by atoms with E-state index in [-0.39, 0.29) is 0 Å². The molecular formula is C11H10ClN. The monoisotopic (exact) mass is 191 g/mol. The molecule has 1 saturated heterocycles. The van der Waals surface area contributed by atoms with Gasteiger partial charge >= 0.3 is 0 Å². The minimum absolute atomic E-state index is 0.527. The summed E-state index contributed by atoms with van der Waals surface area (Å²) in [5, 5.41) is 3.93. The summed E-state index contributed by atoms with van der Waals surface area (Å²) in [5.74, 6) is 6.83. The average Bonchev–Trinajstić information content (AvgIpc) is 2.01. The van der Waals surface area contributed by atoms with Gasteiger partial charge in [0.2, 0.25) is 0 Å². The minimum atomic E-state index is 0.527. The minimum Gasteiger partial charge on any atom is -0.314 e. The highest BCUT2D eigenvalue weighted by atomic mass is 35.5. The van der Waals surface area contributed by atoms with Crippen molar-refractivity contribution in [3.63, 3.8) is 0 Å². The SMILES string of the molecule is Clc1cccc(C#CC2CNC2)c1. The summed E-state index contributed by atoms with van der Waals surface area (Å²) in [6.45, 7) is 2.04. The molecule has 0 aromatic heterocycles. The maximum absolute atomic E-state index is 5.83. The molecular weight excluding hydrogens is 182 g/mol. The first kappa shape index (κ1) is 8.62. The molecule has 1 nitrogen and oxygen atoms in total. The predicted octanol–water partition coefficient (Wildman–Crippen LogP) is 1.91. The molecule has 1 aliphatic heterocycles. The number of rotatable bonds is 0. The summed E-state index contributed by atoms with van der Waals surface area (Å²) in [6, 6.07) is 7.65. The summed E-state index contributed by atoms with van der Waals surface area (Å²) in [5.41, 5.74) is 0.999. The highest BCUT2D eigenvalue weighted by molar-refractivity contribution is 6.30. The Morgan fingerprint density at radius 3 is 2.85 bits per heavy atom. The number of halogens is 1. The third-order valence-corrected chi connectivity index (χ3v) is 2.26. The fourth-order valence-corrected chi connectivity index (χ4v) is 1.33. The first-order valence-electron chi connectivity index (χ1n) is 4.32. The van der Waals surface area contributed by atoms with Crippen molar-refractivity contribution in [1.29, 1.82) is 0 Å². The fourth-order valence-electron chi connectivity index (χ4n) is 1.14. The molecule has 13 heavy (non-hydrogen) atoms. The molecule has 1 aromatic rings. The normalized spacial score (nSPS) is 15.8. The van der Waals surface area contributed by atoms with E-state index in [0.29, 0.717) is 5.92 Å². The van der Waals surface area contributed by atoms with Crippen LogP contribution in [0.25, 0.3) is 0 Å². The Hall–Kier alpha value is -0.970. The lowest BCUT2D eigenvalue weighted by Gasteiger charge is -2.21. The van der Waals surface area contributed by atoms with Gasteiger partial charge in [-0.05, 0) is 18.2 Å². The first-order valence-corrected chi connectivity index (χ1v) is 4.70. The molecule has 0 unspecified atom stereocenters. The van der Waals surface area contributed by atoms with E-state index in [1.807, 2.05) is 24.3 Å². The summed E-state index contributed by atoms with van der Waals surface area (Å²) < 4.78 is 0. The van der Waals surface area contributed by atoms with Crippen LogP contribution in [0.2, 0.25) is 5.02 Å². The van der Waals surface area contributed by atoms with Crippen LogP contribution in [0.4, 0.5) is 0 Å². The quantitative estimate of drug-likeness (QED) is 0.618. The summed E-state index contributed by atoms with van der Waals surface area (Å²) in [4.78, 5) is 0. The van der Waals surface area contributed by atoms with Crippen molar-refractivity contribution in [2.75, 3.05) is 13.1 Å². The zero-order valence-corrected chi connectivity index (χ0v) is 7.93. The Bertz CT molecular complexity index is 358. The molecule has 0 radical (unpaired) electrons. The zero-order chi connectivity index (χ0) is 9.10. The second-order valence-corrected chi connectivity index (χ2v) is 3.57. The molecule has 0 spiro atoms. The molecule has 0 bridgehead atoms. The van der Waals surface area contributed by atoms with E-state index >= 15 is 0 Å². The lowest BCUT2D eigenvalue weighted by atomic mass is 10.0. The van der Waals surface area contributed by atoms with Gasteiger partial charge in [0.25, 0.3) is 0 Å². The van der Waals surface area contributed by atoms with Crippen LogP contribution >= 0.6 is 11.6 Å². The van der Waals surface area contributed by atoms with Crippen LogP contribution < -0.4 is 5.32 Å². The predicted molar refractivity (Wildman–Crippen MR) is 54.7 cm³/mol. The summed E-state index contributed by atoms with van der Waals surface area (Å²) in [6.07, 6.45) is 0. The third kappa shape index (κ3) is 2.24. The van der Waals surface area contributed by atoms with Crippen LogP contribution in [0.1, 0.15) is 5.56 Å². The second-order valence-electron chi connectivity index (χ2n) is 3.13. The van der Waals surface area contributed by atoms with Gasteiger partial charge in [0, 0.05) is 29.6 Å². The van der Waals surface area contributed by atoms with Gasteiger partial charge < -0.3 is 5.32 Å². The van der Waals surface area contributed by atoms with Crippen LogP contribution in [0.3, 0.4) is 0 Å². The average molecular weight is 192 g/mol. The van der Waals surface area contributed by atoms with Gasteiger partial charge in [0.15, 0.2) is 0 Å². The van der Waals surface area contributed by atoms with E-state index in [2.05, 4.69) is 17.2 Å². The van der Waals surface area contributed by atoms with Crippen molar-refractivity contribution in [3.8, 4) is 11.8 Å². The molecule has 1 heterocycles. The molecule has 1 N–H and O–H groups in total. The van der Waals surface area contributed by atoms with Crippen molar-refractivity contribution >= 4 is 11.6 Å². The summed E-state index contributed by atoms with van der Waals surface area (Å²) in [7, 11) is 0. The van der Waals surface area contributed by atoms with Crippen LogP contribution in [-0.4, -0.2) is 13.1 Å². The van der Waals surface area contributed by atoms with Gasteiger partial charge in [-0.1, -0.05) is 29.5 Å². The van der Waals surface area contributed by atoms with Crippen LogP contribution in [-0.2, 0) is 0 Å². The molecule has 0 saturated carbocycles. The van der Waals surface area contributed by atoms with Gasteiger partial charge in [-0.2, -0.15) is 0 Å². The van der Waals surface area contributed by atoms with Crippen molar-refractivity contribution in [1.82, 2.24) is 5.32 Å². The smallest absolute Gasteiger partial charge is 0.0455 e. The highest BCUT2D eigenvalue weighted by Gasteiger charge is 2.12. The van der Waals surface area contributed by atoms with Crippen molar-refractivity contribution in [2.45, 2.75) is 0 Å². The Morgan fingerprint density at radius 1 is 1.38 bits per heavy atom. The van der Waals surface area contributed by atoms with Gasteiger partial charge in [-0.25, -0.2) is 0 Å². The van der Waals surface area contributed by atoms with Gasteiger partial charge in [0.05, 0.1) is 0 Å². The number of benzene rings is 1. The molecule has 1 fully saturated rings. The second kappa shape index (κ2) is 3.83. The molecule has 2 heteroatoms. The number of hydrogen-bond donors (Lipinski definition) is 1. The molecule has 2 rings (SSSR count). The highest BCUT2D eigenvalue weighted by Crippen LogP contribution is 2.09. The van der Waals surface area contributed by atoms with Gasteiger partial charge in [0.1, 0.15) is 0 Å². The van der Waals surface area contributed by atoms with Gasteiger partial charge in [-0.3, -0.25) is 0 Å². The molecule has 1 aliphatic rings. The topological polar surface area (TPSA) is 12.0 Å². The third-order valence-electron chi connectivity index (χ3n) is 2.03. The van der Waals surface area contributed by atoms with Crippen molar-refractivity contribution in [3.05, 3.63) is 34.9 Å². The van der Waals surface area contributed by atoms with E-state index in [1.165, 1.54) is 0 Å². The molecule has 66 valence electrons.